The topological polar surface area (TPSA) is 23.9 Å². The molecule has 0 amide bonds. The van der Waals surface area contributed by atoms with Crippen molar-refractivity contribution in [2.24, 2.45) is 0 Å². The molecule has 0 saturated carbocycles. The summed E-state index contributed by atoms with van der Waals surface area (Å²) >= 11 is 0. The third kappa shape index (κ3) is 3.77. The van der Waals surface area contributed by atoms with Crippen LogP contribution in [-0.2, 0) is 0 Å². The van der Waals surface area contributed by atoms with Crippen LogP contribution in [0, 0.1) is 5.41 Å². The second-order valence-corrected chi connectivity index (χ2v) is 6.44. The van der Waals surface area contributed by atoms with E-state index in [1.54, 1.807) is 6.08 Å². The molecule has 3 aromatic carbocycles. The van der Waals surface area contributed by atoms with E-state index in [2.05, 4.69) is 74.5 Å². The summed E-state index contributed by atoms with van der Waals surface area (Å²) in [5.41, 5.74) is 7.31. The fourth-order valence-electron chi connectivity index (χ4n) is 3.05. The Hall–Kier alpha value is -2.93. The van der Waals surface area contributed by atoms with Gasteiger partial charge in [0.2, 0.25) is 0 Å². The van der Waals surface area contributed by atoms with Crippen LogP contribution >= 0.6 is 0 Å². The van der Waals surface area contributed by atoms with Crippen LogP contribution in [0.3, 0.4) is 0 Å². The van der Waals surface area contributed by atoms with E-state index in [0.717, 1.165) is 5.56 Å². The Morgan fingerprint density at radius 2 is 1.24 bits per heavy atom. The molecule has 0 radical (unpaired) electrons. The van der Waals surface area contributed by atoms with Crippen LogP contribution in [0.25, 0.3) is 28.3 Å². The lowest BCUT2D eigenvalue weighted by Crippen LogP contribution is -1.95. The van der Waals surface area contributed by atoms with Gasteiger partial charge in [0.1, 0.15) is 0 Å². The van der Waals surface area contributed by atoms with Gasteiger partial charge in [-0.25, -0.2) is 0 Å². The summed E-state index contributed by atoms with van der Waals surface area (Å²) in [5.74, 6) is 0.450. The quantitative estimate of drug-likeness (QED) is 0.498. The van der Waals surface area contributed by atoms with Crippen molar-refractivity contribution in [2.45, 2.75) is 19.8 Å². The highest BCUT2D eigenvalue weighted by atomic mass is 14.3. The second-order valence-electron chi connectivity index (χ2n) is 6.44. The van der Waals surface area contributed by atoms with E-state index < -0.39 is 0 Å². The molecule has 1 N–H and O–H groups in total. The Labute approximate surface area is 150 Å². The average molecular weight is 325 g/mol. The van der Waals surface area contributed by atoms with Crippen LogP contribution < -0.4 is 0 Å². The molecule has 3 aromatic rings. The van der Waals surface area contributed by atoms with Crippen LogP contribution in [0.5, 0.6) is 0 Å². The van der Waals surface area contributed by atoms with Crippen molar-refractivity contribution < 1.29 is 0 Å². The highest BCUT2D eigenvalue weighted by Crippen LogP contribution is 2.36. The molecule has 0 aliphatic heterocycles. The van der Waals surface area contributed by atoms with Gasteiger partial charge in [0.25, 0.3) is 0 Å². The molecule has 0 heterocycles. The Morgan fingerprint density at radius 3 is 1.64 bits per heavy atom. The van der Waals surface area contributed by atoms with Crippen molar-refractivity contribution >= 4 is 12.3 Å². The van der Waals surface area contributed by atoms with Gasteiger partial charge < -0.3 is 5.41 Å². The summed E-state index contributed by atoms with van der Waals surface area (Å²) in [6.45, 7) is 4.46. The van der Waals surface area contributed by atoms with Crippen LogP contribution in [0.15, 0.2) is 78.9 Å². The normalized spacial score (nSPS) is 11.2. The molecular weight excluding hydrogens is 302 g/mol. The van der Waals surface area contributed by atoms with Gasteiger partial charge in [-0.15, -0.1) is 0 Å². The lowest BCUT2D eigenvalue weighted by Gasteiger charge is -2.17. The van der Waals surface area contributed by atoms with E-state index in [1.165, 1.54) is 34.0 Å². The zero-order valence-electron chi connectivity index (χ0n) is 14.7. The molecule has 3 rings (SSSR count). The highest BCUT2D eigenvalue weighted by Gasteiger charge is 2.13. The van der Waals surface area contributed by atoms with Crippen molar-refractivity contribution in [3.05, 3.63) is 90.0 Å². The maximum Gasteiger partial charge on any atom is 0.0177 e. The van der Waals surface area contributed by atoms with Gasteiger partial charge >= 0.3 is 0 Å². The maximum atomic E-state index is 7.40. The van der Waals surface area contributed by atoms with E-state index in [9.17, 15) is 0 Å². The van der Waals surface area contributed by atoms with E-state index in [0.29, 0.717) is 5.92 Å². The summed E-state index contributed by atoms with van der Waals surface area (Å²) in [4.78, 5) is 0. The molecule has 0 spiro atoms. The van der Waals surface area contributed by atoms with Crippen LogP contribution in [0.2, 0.25) is 0 Å². The minimum atomic E-state index is 0.450. The number of nitrogens with one attached hydrogen (secondary N) is 1. The first-order valence-electron chi connectivity index (χ1n) is 8.66. The molecule has 1 nitrogen and oxygen atoms in total. The third-order valence-electron chi connectivity index (χ3n) is 4.40. The summed E-state index contributed by atoms with van der Waals surface area (Å²) in [7, 11) is 0. The average Bonchev–Trinajstić information content (AvgIpc) is 2.67. The van der Waals surface area contributed by atoms with Crippen molar-refractivity contribution in [2.75, 3.05) is 0 Å². The number of allylic oxidation sites excluding steroid dienone is 1. The zero-order valence-corrected chi connectivity index (χ0v) is 14.7. The zero-order chi connectivity index (χ0) is 17.6. The van der Waals surface area contributed by atoms with Crippen molar-refractivity contribution in [3.63, 3.8) is 0 Å². The van der Waals surface area contributed by atoms with Crippen LogP contribution in [0.4, 0.5) is 0 Å². The molecular formula is C24H23N. The minimum Gasteiger partial charge on any atom is -0.309 e. The first-order chi connectivity index (χ1) is 12.2. The van der Waals surface area contributed by atoms with E-state index >= 15 is 0 Å². The van der Waals surface area contributed by atoms with Gasteiger partial charge in [-0.3, -0.25) is 0 Å². The fourth-order valence-corrected chi connectivity index (χ4v) is 3.05. The van der Waals surface area contributed by atoms with Crippen molar-refractivity contribution in [1.29, 1.82) is 5.41 Å². The Morgan fingerprint density at radius 1 is 0.760 bits per heavy atom. The largest absolute Gasteiger partial charge is 0.309 e. The highest BCUT2D eigenvalue weighted by molar-refractivity contribution is 5.90. The maximum absolute atomic E-state index is 7.40. The molecule has 0 bridgehead atoms. The smallest absolute Gasteiger partial charge is 0.0177 e. The molecule has 1 heteroatoms. The summed E-state index contributed by atoms with van der Waals surface area (Å²) in [6.07, 6.45) is 5.17. The van der Waals surface area contributed by atoms with Crippen molar-refractivity contribution in [1.82, 2.24) is 0 Å². The van der Waals surface area contributed by atoms with Crippen molar-refractivity contribution in [3.8, 4) is 22.3 Å². The van der Waals surface area contributed by atoms with Gasteiger partial charge in [-0.1, -0.05) is 92.7 Å². The van der Waals surface area contributed by atoms with E-state index in [4.69, 9.17) is 5.41 Å². The number of rotatable bonds is 5. The molecule has 0 fully saturated rings. The summed E-state index contributed by atoms with van der Waals surface area (Å²) < 4.78 is 0. The summed E-state index contributed by atoms with van der Waals surface area (Å²) in [6, 6.07) is 25.5. The molecule has 0 aliphatic rings. The van der Waals surface area contributed by atoms with Gasteiger partial charge in [-0.2, -0.15) is 0 Å². The third-order valence-corrected chi connectivity index (χ3v) is 4.40. The SMILES string of the molecule is CC(C)c1cc(-c2ccccc2)c(/C=C/C=N)c(-c2ccccc2)c1. The monoisotopic (exact) mass is 325 g/mol. The minimum absolute atomic E-state index is 0.450. The Bertz CT molecular complexity index is 814. The standard InChI is InChI=1S/C24H23N/c1-18(2)21-16-23(19-10-5-3-6-11-19)22(14-9-15-25)24(17-21)20-12-7-4-8-13-20/h3-18,25H,1-2H3/b14-9+,25-15?. The molecule has 0 atom stereocenters. The number of hydrogen-bond acceptors (Lipinski definition) is 1. The number of benzene rings is 3. The molecule has 25 heavy (non-hydrogen) atoms. The Kier molecular flexibility index (Phi) is 5.25. The second kappa shape index (κ2) is 7.76. The summed E-state index contributed by atoms with van der Waals surface area (Å²) in [5, 5.41) is 7.40. The first-order valence-corrected chi connectivity index (χ1v) is 8.66. The first kappa shape index (κ1) is 16.9. The van der Waals surface area contributed by atoms with Crippen LogP contribution in [0.1, 0.15) is 30.9 Å². The van der Waals surface area contributed by atoms with Gasteiger partial charge in [-0.05, 0) is 45.4 Å². The van der Waals surface area contributed by atoms with Crippen LogP contribution in [-0.4, -0.2) is 6.21 Å². The van der Waals surface area contributed by atoms with Gasteiger partial charge in [0, 0.05) is 6.21 Å². The lowest BCUT2D eigenvalue weighted by molar-refractivity contribution is 0.867. The molecule has 0 saturated heterocycles. The Balaban J connectivity index is 2.34. The molecule has 124 valence electrons. The van der Waals surface area contributed by atoms with Gasteiger partial charge in [0.05, 0.1) is 0 Å². The lowest BCUT2D eigenvalue weighted by atomic mass is 9.87. The molecule has 0 aliphatic carbocycles. The number of hydrogen-bond donors (Lipinski definition) is 1. The predicted molar refractivity (Wildman–Crippen MR) is 109 cm³/mol. The predicted octanol–water partition coefficient (Wildman–Crippen LogP) is 6.81. The van der Waals surface area contributed by atoms with E-state index in [1.807, 2.05) is 18.2 Å². The van der Waals surface area contributed by atoms with E-state index in [-0.39, 0.29) is 0 Å². The molecule has 0 unspecified atom stereocenters. The fraction of sp³-hybridized carbons (Fsp3) is 0.125. The molecule has 0 aromatic heterocycles. The van der Waals surface area contributed by atoms with Gasteiger partial charge in [0.15, 0.2) is 0 Å².